The Labute approximate surface area is 288 Å². The molecule has 6 rings (SSSR count). The molecule has 13 heteroatoms. The van der Waals surface area contributed by atoms with Gasteiger partial charge in [-0.25, -0.2) is 18.1 Å². The van der Waals surface area contributed by atoms with Gasteiger partial charge in [-0.1, -0.05) is 38.1 Å². The Bertz CT molecular complexity index is 1790. The number of aryl methyl sites for hydroxylation is 2. The van der Waals surface area contributed by atoms with Crippen LogP contribution in [0.3, 0.4) is 0 Å². The number of anilines is 1. The maximum absolute atomic E-state index is 14.5. The molecule has 12 nitrogen and oxygen atoms in total. The maximum Gasteiger partial charge on any atom is 0.264 e. The number of nitrogens with one attached hydrogen (secondary N) is 1. The van der Waals surface area contributed by atoms with Crippen molar-refractivity contribution in [2.75, 3.05) is 51.2 Å². The van der Waals surface area contributed by atoms with E-state index in [0.717, 1.165) is 23.2 Å². The molecule has 1 saturated heterocycles. The highest BCUT2D eigenvalue weighted by atomic mass is 32.2. The molecule has 3 aromatic rings. The van der Waals surface area contributed by atoms with Gasteiger partial charge >= 0.3 is 0 Å². The number of hydrogen-bond acceptors (Lipinski definition) is 9. The van der Waals surface area contributed by atoms with E-state index in [4.69, 9.17) is 9.47 Å². The van der Waals surface area contributed by atoms with Gasteiger partial charge in [0, 0.05) is 56.0 Å². The van der Waals surface area contributed by atoms with Crippen molar-refractivity contribution < 1.29 is 27.5 Å². The summed E-state index contributed by atoms with van der Waals surface area (Å²) in [6.07, 6.45) is 2.08. The molecular weight excluding hydrogens is 644 g/mol. The van der Waals surface area contributed by atoms with E-state index in [1.807, 2.05) is 41.8 Å². The zero-order valence-electron chi connectivity index (χ0n) is 28.9. The average Bonchev–Trinajstić information content (AvgIpc) is 3.03. The predicted molar refractivity (Wildman–Crippen MR) is 186 cm³/mol. The molecule has 49 heavy (non-hydrogen) atoms. The second-order valence-corrected chi connectivity index (χ2v) is 15.4. The zero-order valence-corrected chi connectivity index (χ0v) is 29.7. The SMILES string of the molecule is COCCN1CCN(C2CC(N3C(=O)c4cccc(c4)S(=O)(=O)Nc4nc(cc(-c5c(C)cccc5C)n4)OC[C@H]3CC(C)C)C2)CC1=O. The first-order chi connectivity index (χ1) is 23.4. The highest BCUT2D eigenvalue weighted by Crippen LogP contribution is 2.36. The molecule has 1 aromatic heterocycles. The van der Waals surface area contributed by atoms with Crippen molar-refractivity contribution in [1.82, 2.24) is 24.7 Å². The number of nitrogens with zero attached hydrogens (tertiary/aromatic N) is 5. The lowest BCUT2D eigenvalue weighted by molar-refractivity contribution is -0.139. The van der Waals surface area contributed by atoms with Crippen LogP contribution in [0.4, 0.5) is 5.95 Å². The number of aromatic nitrogens is 2. The van der Waals surface area contributed by atoms with E-state index in [1.165, 1.54) is 12.1 Å². The van der Waals surface area contributed by atoms with Crippen molar-refractivity contribution in [3.8, 4) is 17.1 Å². The molecule has 262 valence electrons. The second kappa shape index (κ2) is 14.4. The molecule has 2 aromatic carbocycles. The number of carbonyl (C=O) groups is 2. The van der Waals surface area contributed by atoms with Crippen molar-refractivity contribution in [3.63, 3.8) is 0 Å². The molecule has 3 aliphatic rings. The van der Waals surface area contributed by atoms with E-state index in [2.05, 4.69) is 33.4 Å². The van der Waals surface area contributed by atoms with Crippen LogP contribution in [0, 0.1) is 19.8 Å². The molecule has 0 spiro atoms. The maximum atomic E-state index is 14.5. The Morgan fingerprint density at radius 2 is 1.73 bits per heavy atom. The molecule has 2 amide bonds. The summed E-state index contributed by atoms with van der Waals surface area (Å²) in [6, 6.07) is 13.5. The predicted octanol–water partition coefficient (Wildman–Crippen LogP) is 4.13. The Hall–Kier alpha value is -4.07. The van der Waals surface area contributed by atoms with Gasteiger partial charge in [0.1, 0.15) is 6.61 Å². The summed E-state index contributed by atoms with van der Waals surface area (Å²) < 4.78 is 41.4. The normalized spacial score (nSPS) is 22.8. The van der Waals surface area contributed by atoms with E-state index in [-0.39, 0.29) is 64.8 Å². The van der Waals surface area contributed by atoms with E-state index < -0.39 is 10.0 Å². The molecule has 1 saturated carbocycles. The minimum Gasteiger partial charge on any atom is -0.475 e. The van der Waals surface area contributed by atoms with Crippen molar-refractivity contribution in [1.29, 1.82) is 0 Å². The van der Waals surface area contributed by atoms with Gasteiger partial charge in [-0.3, -0.25) is 14.5 Å². The molecule has 2 aliphatic heterocycles. The minimum absolute atomic E-state index is 0.0576. The molecule has 4 bridgehead atoms. The molecular formula is C36H46N6O6S. The van der Waals surface area contributed by atoms with Gasteiger partial charge in [0.15, 0.2) is 0 Å². The first-order valence-electron chi connectivity index (χ1n) is 17.0. The number of sulfonamides is 1. The molecule has 2 fully saturated rings. The highest BCUT2D eigenvalue weighted by Gasteiger charge is 2.44. The van der Waals surface area contributed by atoms with Gasteiger partial charge < -0.3 is 19.3 Å². The number of rotatable bonds is 8. The molecule has 0 unspecified atom stereocenters. The van der Waals surface area contributed by atoms with Crippen LogP contribution in [0.2, 0.25) is 0 Å². The molecule has 0 radical (unpaired) electrons. The molecule has 3 heterocycles. The minimum atomic E-state index is -4.15. The van der Waals surface area contributed by atoms with E-state index in [9.17, 15) is 18.0 Å². The fourth-order valence-corrected chi connectivity index (χ4v) is 8.18. The van der Waals surface area contributed by atoms with Crippen molar-refractivity contribution in [2.24, 2.45) is 5.92 Å². The van der Waals surface area contributed by atoms with Gasteiger partial charge in [0.05, 0.1) is 29.8 Å². The summed E-state index contributed by atoms with van der Waals surface area (Å²) in [5, 5.41) is 0. The van der Waals surface area contributed by atoms with Gasteiger partial charge in [0.25, 0.3) is 15.9 Å². The van der Waals surface area contributed by atoms with Gasteiger partial charge in [-0.2, -0.15) is 4.98 Å². The Morgan fingerprint density at radius 1 is 1.00 bits per heavy atom. The Kier molecular flexibility index (Phi) is 10.2. The third-order valence-electron chi connectivity index (χ3n) is 9.76. The van der Waals surface area contributed by atoms with Crippen LogP contribution in [-0.4, -0.2) is 110 Å². The lowest BCUT2D eigenvalue weighted by Crippen LogP contribution is -2.62. The third kappa shape index (κ3) is 7.58. The smallest absolute Gasteiger partial charge is 0.264 e. The topological polar surface area (TPSA) is 134 Å². The largest absolute Gasteiger partial charge is 0.475 e. The van der Waals surface area contributed by atoms with E-state index in [1.54, 1.807) is 25.3 Å². The lowest BCUT2D eigenvalue weighted by atomic mass is 9.82. The summed E-state index contributed by atoms with van der Waals surface area (Å²) in [6.45, 7) is 11.2. The van der Waals surface area contributed by atoms with Crippen LogP contribution in [-0.2, 0) is 19.6 Å². The quantitative estimate of drug-likeness (QED) is 0.370. The number of benzene rings is 2. The molecule has 1 atom stereocenters. The fraction of sp³-hybridized carbons (Fsp3) is 0.500. The zero-order chi connectivity index (χ0) is 34.9. The summed E-state index contributed by atoms with van der Waals surface area (Å²) >= 11 is 0. The summed E-state index contributed by atoms with van der Waals surface area (Å²) in [5.74, 6) is 0.194. The number of carbonyl (C=O) groups excluding carboxylic acids is 2. The summed E-state index contributed by atoms with van der Waals surface area (Å²) in [4.78, 5) is 42.3. The van der Waals surface area contributed by atoms with Gasteiger partial charge in [-0.05, 0) is 68.4 Å². The Morgan fingerprint density at radius 3 is 2.43 bits per heavy atom. The molecule has 1 N–H and O–H groups in total. The number of fused-ring (bicyclic) bond motifs is 4. The van der Waals surface area contributed by atoms with E-state index in [0.29, 0.717) is 51.2 Å². The first kappa shape index (κ1) is 34.8. The number of methoxy groups -OCH3 is 1. The van der Waals surface area contributed by atoms with Gasteiger partial charge in [-0.15, -0.1) is 0 Å². The number of ether oxygens (including phenoxy) is 2. The van der Waals surface area contributed by atoms with Crippen LogP contribution < -0.4 is 9.46 Å². The number of hydrogen-bond donors (Lipinski definition) is 1. The Balaban J connectivity index is 1.34. The van der Waals surface area contributed by atoms with Crippen LogP contribution in [0.25, 0.3) is 11.3 Å². The van der Waals surface area contributed by atoms with Crippen molar-refractivity contribution >= 4 is 27.8 Å². The number of piperazine rings is 1. The second-order valence-electron chi connectivity index (χ2n) is 13.7. The van der Waals surface area contributed by atoms with Crippen LogP contribution >= 0.6 is 0 Å². The summed E-state index contributed by atoms with van der Waals surface area (Å²) in [7, 11) is -2.52. The lowest BCUT2D eigenvalue weighted by Gasteiger charge is -2.51. The van der Waals surface area contributed by atoms with E-state index >= 15 is 0 Å². The van der Waals surface area contributed by atoms with Crippen molar-refractivity contribution in [3.05, 3.63) is 65.2 Å². The standard InChI is InChI=1S/C36H46N6O6S/c1-23(2)16-29-22-48-32-20-31(34-24(3)8-6-9-25(34)4)37-36(38-32)39-49(45,46)30-11-7-10-26(17-30)35(44)42(29)28-18-27(19-28)41-13-12-40(14-15-47-5)33(43)21-41/h6-11,17,20,23,27-29H,12-16,18-19,21-22H2,1-5H3,(H,37,38,39)/t27?,28?,29-/m1/s1. The monoisotopic (exact) mass is 690 g/mol. The van der Waals surface area contributed by atoms with Crippen molar-refractivity contribution in [2.45, 2.75) is 70.0 Å². The third-order valence-corrected chi connectivity index (χ3v) is 11.1. The van der Waals surface area contributed by atoms with Crippen LogP contribution in [0.1, 0.15) is 54.6 Å². The van der Waals surface area contributed by atoms with Gasteiger partial charge in [0.2, 0.25) is 17.7 Å². The highest BCUT2D eigenvalue weighted by molar-refractivity contribution is 7.92. The molecule has 1 aliphatic carbocycles. The fourth-order valence-electron chi connectivity index (χ4n) is 7.19. The average molecular weight is 691 g/mol. The van der Waals surface area contributed by atoms with Crippen LogP contribution in [0.5, 0.6) is 5.88 Å². The van der Waals surface area contributed by atoms with Crippen LogP contribution in [0.15, 0.2) is 53.4 Å². The first-order valence-corrected chi connectivity index (χ1v) is 18.5. The number of amides is 2. The summed E-state index contributed by atoms with van der Waals surface area (Å²) in [5.41, 5.74) is 3.65.